The number of fused-ring (bicyclic) bond motifs is 2. The highest BCUT2D eigenvalue weighted by atomic mass is 16.4. The van der Waals surface area contributed by atoms with Crippen LogP contribution >= 0.6 is 0 Å². The Morgan fingerprint density at radius 3 is 1.65 bits per heavy atom. The summed E-state index contributed by atoms with van der Waals surface area (Å²) in [5, 5.41) is 19.4. The fourth-order valence-electron chi connectivity index (χ4n) is 5.44. The molecule has 244 valence electrons. The monoisotopic (exact) mass is 631 g/mol. The second-order valence-corrected chi connectivity index (χ2v) is 11.9. The van der Waals surface area contributed by atoms with Gasteiger partial charge in [-0.15, -0.1) is 0 Å². The second-order valence-electron chi connectivity index (χ2n) is 11.9. The number of hydrogen-bond acceptors (Lipinski definition) is 6. The number of aromatic amines is 2. The summed E-state index contributed by atoms with van der Waals surface area (Å²) in [6, 6.07) is 10.3. The first-order chi connectivity index (χ1) is 21.9. The molecule has 4 amide bonds. The largest absolute Gasteiger partial charge is 0.480 e. The van der Waals surface area contributed by atoms with Gasteiger partial charge in [0.05, 0.1) is 6.04 Å². The minimum atomic E-state index is -1.42. The number of nitrogens with one attached hydrogen (secondary N) is 5. The number of primary amides is 1. The Bertz CT molecular complexity index is 1710. The maximum atomic E-state index is 14.0. The number of rotatable bonds is 16. The topological polar surface area (TPSA) is 225 Å². The van der Waals surface area contributed by atoms with Crippen LogP contribution in [-0.4, -0.2) is 68.8 Å². The van der Waals surface area contributed by atoms with E-state index < -0.39 is 53.8 Å². The summed E-state index contributed by atoms with van der Waals surface area (Å²) in [7, 11) is 0. The fourth-order valence-corrected chi connectivity index (χ4v) is 5.44. The molecule has 4 unspecified atom stereocenters. The van der Waals surface area contributed by atoms with E-state index >= 15 is 0 Å². The molecule has 0 aliphatic rings. The Morgan fingerprint density at radius 2 is 1.20 bits per heavy atom. The molecular weight excluding hydrogens is 590 g/mol. The normalized spacial score (nSPS) is 14.0. The molecule has 0 radical (unpaired) electrons. The summed E-state index contributed by atoms with van der Waals surface area (Å²) >= 11 is 0. The van der Waals surface area contributed by atoms with Gasteiger partial charge in [0.15, 0.2) is 0 Å². The van der Waals surface area contributed by atoms with Crippen molar-refractivity contribution in [2.45, 2.75) is 70.1 Å². The van der Waals surface area contributed by atoms with E-state index in [0.717, 1.165) is 27.4 Å². The molecule has 0 saturated heterocycles. The molecule has 4 rings (SSSR count). The number of carboxylic acids is 1. The molecule has 2 aromatic heterocycles. The molecule has 13 heteroatoms. The highest BCUT2D eigenvalue weighted by Crippen LogP contribution is 2.21. The van der Waals surface area contributed by atoms with E-state index in [1.54, 1.807) is 12.4 Å². The van der Waals surface area contributed by atoms with Crippen molar-refractivity contribution in [1.29, 1.82) is 0 Å². The molecule has 2 aromatic carbocycles. The van der Waals surface area contributed by atoms with Gasteiger partial charge < -0.3 is 42.5 Å². The zero-order valence-corrected chi connectivity index (χ0v) is 25.8. The first-order valence-corrected chi connectivity index (χ1v) is 15.2. The quantitative estimate of drug-likeness (QED) is 0.0911. The van der Waals surface area contributed by atoms with Crippen LogP contribution < -0.4 is 27.4 Å². The first kappa shape index (κ1) is 33.7. The van der Waals surface area contributed by atoms with Crippen molar-refractivity contribution in [3.05, 3.63) is 72.1 Å². The predicted molar refractivity (Wildman–Crippen MR) is 173 cm³/mol. The number of carbonyl (C=O) groups is 5. The maximum Gasteiger partial charge on any atom is 0.326 e. The van der Waals surface area contributed by atoms with Gasteiger partial charge in [0.2, 0.25) is 23.6 Å². The predicted octanol–water partition coefficient (Wildman–Crippen LogP) is 1.61. The van der Waals surface area contributed by atoms with Crippen molar-refractivity contribution in [3.63, 3.8) is 0 Å². The first-order valence-electron chi connectivity index (χ1n) is 15.2. The highest BCUT2D eigenvalue weighted by molar-refractivity contribution is 5.95. The van der Waals surface area contributed by atoms with Crippen LogP contribution in [0.25, 0.3) is 21.8 Å². The van der Waals surface area contributed by atoms with Crippen molar-refractivity contribution in [3.8, 4) is 0 Å². The van der Waals surface area contributed by atoms with Crippen LogP contribution in [0, 0.1) is 5.92 Å². The van der Waals surface area contributed by atoms with Gasteiger partial charge >= 0.3 is 5.97 Å². The van der Waals surface area contributed by atoms with Crippen LogP contribution in [0.3, 0.4) is 0 Å². The molecule has 46 heavy (non-hydrogen) atoms. The minimum Gasteiger partial charge on any atom is -0.480 e. The molecule has 0 spiro atoms. The van der Waals surface area contributed by atoms with Gasteiger partial charge in [0.1, 0.15) is 18.1 Å². The average Bonchev–Trinajstić information content (AvgIpc) is 3.61. The summed E-state index contributed by atoms with van der Waals surface area (Å²) in [6.45, 7) is 3.87. The van der Waals surface area contributed by atoms with E-state index in [4.69, 9.17) is 11.5 Å². The Morgan fingerprint density at radius 1 is 0.739 bits per heavy atom. The van der Waals surface area contributed by atoms with Crippen LogP contribution in [0.1, 0.15) is 44.2 Å². The van der Waals surface area contributed by atoms with E-state index in [1.165, 1.54) is 0 Å². The number of H-pyrrole nitrogens is 2. The van der Waals surface area contributed by atoms with E-state index in [1.807, 2.05) is 62.4 Å². The number of hydrogen-bond donors (Lipinski definition) is 8. The third-order valence-corrected chi connectivity index (χ3v) is 7.82. The molecule has 0 fully saturated rings. The number of carboxylic acid groups (broad SMARTS) is 1. The standard InChI is InChI=1S/C33H41N7O6/c1-18(2)13-23(34)30(42)39-27(14-19-16-36-24-9-5-3-7-21(19)24)32(44)40-28(15-20-17-37-25-10-6-4-8-22(20)25)31(43)38-26(33(45)46)11-12-29(35)41/h3-10,16-18,23,26-28,36-37H,11-15,34H2,1-2H3,(H2,35,41)(H,38,43)(H,39,42)(H,40,44)(H,45,46). The molecule has 2 heterocycles. The molecule has 13 nitrogen and oxygen atoms in total. The van der Waals surface area contributed by atoms with Gasteiger partial charge in [0.25, 0.3) is 0 Å². The number of nitrogens with two attached hydrogens (primary N) is 2. The van der Waals surface area contributed by atoms with Gasteiger partial charge in [-0.3, -0.25) is 19.2 Å². The highest BCUT2D eigenvalue weighted by Gasteiger charge is 2.32. The zero-order chi connectivity index (χ0) is 33.4. The number of aliphatic carboxylic acids is 1. The lowest BCUT2D eigenvalue weighted by atomic mass is 10.00. The lowest BCUT2D eigenvalue weighted by Gasteiger charge is -2.25. The lowest BCUT2D eigenvalue weighted by Crippen LogP contribution is -2.58. The van der Waals surface area contributed by atoms with Crippen LogP contribution in [0.5, 0.6) is 0 Å². The molecule has 0 aliphatic heterocycles. The Labute approximate surface area is 265 Å². The third-order valence-electron chi connectivity index (χ3n) is 7.82. The van der Waals surface area contributed by atoms with E-state index in [9.17, 15) is 29.1 Å². The zero-order valence-electron chi connectivity index (χ0n) is 25.8. The summed E-state index contributed by atoms with van der Waals surface area (Å²) < 4.78 is 0. The molecular formula is C33H41N7O6. The van der Waals surface area contributed by atoms with Crippen LogP contribution in [0.4, 0.5) is 0 Å². The average molecular weight is 632 g/mol. The third kappa shape index (κ3) is 8.72. The summed E-state index contributed by atoms with van der Waals surface area (Å²) in [4.78, 5) is 70.3. The van der Waals surface area contributed by atoms with Gasteiger partial charge in [-0.25, -0.2) is 4.79 Å². The fraction of sp³-hybridized carbons (Fsp3) is 0.364. The van der Waals surface area contributed by atoms with E-state index in [0.29, 0.717) is 12.0 Å². The summed E-state index contributed by atoms with van der Waals surface area (Å²) in [5.41, 5.74) is 14.5. The van der Waals surface area contributed by atoms with E-state index in [-0.39, 0.29) is 31.6 Å². The Hall–Kier alpha value is -5.17. The maximum absolute atomic E-state index is 14.0. The Balaban J connectivity index is 1.64. The summed E-state index contributed by atoms with van der Waals surface area (Å²) in [5.74, 6) is -3.86. The number of benzene rings is 2. The number of aromatic nitrogens is 2. The number of amides is 4. The van der Waals surface area contributed by atoms with Gasteiger partial charge in [-0.05, 0) is 42.0 Å². The van der Waals surface area contributed by atoms with Crippen LogP contribution in [0.2, 0.25) is 0 Å². The molecule has 0 saturated carbocycles. The Kier molecular flexibility index (Phi) is 11.2. The van der Waals surface area contributed by atoms with Crippen molar-refractivity contribution in [1.82, 2.24) is 25.9 Å². The molecule has 10 N–H and O–H groups in total. The van der Waals surface area contributed by atoms with Crippen molar-refractivity contribution in [2.75, 3.05) is 0 Å². The summed E-state index contributed by atoms with van der Waals surface area (Å²) in [6.07, 6.45) is 3.49. The van der Waals surface area contributed by atoms with Crippen molar-refractivity contribution in [2.24, 2.45) is 17.4 Å². The second kappa shape index (κ2) is 15.2. The van der Waals surface area contributed by atoms with Gasteiger partial charge in [0, 0.05) is 53.5 Å². The van der Waals surface area contributed by atoms with Crippen LogP contribution in [-0.2, 0) is 36.8 Å². The van der Waals surface area contributed by atoms with E-state index in [2.05, 4.69) is 25.9 Å². The molecule has 4 aromatic rings. The molecule has 0 aliphatic carbocycles. The van der Waals surface area contributed by atoms with Crippen molar-refractivity contribution >= 4 is 51.4 Å². The molecule has 4 atom stereocenters. The van der Waals surface area contributed by atoms with Gasteiger partial charge in [-0.2, -0.15) is 0 Å². The number of para-hydroxylation sites is 2. The van der Waals surface area contributed by atoms with Crippen molar-refractivity contribution < 1.29 is 29.1 Å². The van der Waals surface area contributed by atoms with Crippen LogP contribution in [0.15, 0.2) is 60.9 Å². The smallest absolute Gasteiger partial charge is 0.326 e. The number of carbonyl (C=O) groups excluding carboxylic acids is 4. The minimum absolute atomic E-state index is 0.00433. The van der Waals surface area contributed by atoms with Gasteiger partial charge in [-0.1, -0.05) is 50.2 Å². The molecule has 0 bridgehead atoms. The SMILES string of the molecule is CC(C)CC(N)C(=O)NC(Cc1c[nH]c2ccccc12)C(=O)NC(Cc1c[nH]c2ccccc12)C(=O)NC(CCC(N)=O)C(=O)O. The lowest BCUT2D eigenvalue weighted by molar-refractivity contribution is -0.142.